The van der Waals surface area contributed by atoms with Gasteiger partial charge in [0.2, 0.25) is 47.3 Å². The number of primary amides is 1. The van der Waals surface area contributed by atoms with E-state index in [1.54, 1.807) is 0 Å². The molecule has 19 nitrogen and oxygen atoms in total. The molecule has 0 bridgehead atoms. The zero-order valence-electron chi connectivity index (χ0n) is 38.0. The number of aliphatic hydroxyl groups is 2. The summed E-state index contributed by atoms with van der Waals surface area (Å²) in [6, 6.07) is -9.00. The predicted octanol–water partition coefficient (Wildman–Crippen LogP) is 0.509. The van der Waals surface area contributed by atoms with Crippen molar-refractivity contribution in [3.05, 3.63) is 0 Å². The molecule has 0 aliphatic carbocycles. The van der Waals surface area contributed by atoms with Crippen molar-refractivity contribution in [2.24, 2.45) is 11.7 Å². The van der Waals surface area contributed by atoms with Gasteiger partial charge in [0.05, 0.1) is 24.7 Å². The molecule has 0 saturated carbocycles. The Hall–Kier alpha value is -4.65. The third-order valence-electron chi connectivity index (χ3n) is 10.7. The second-order valence-corrected chi connectivity index (χ2v) is 17.1. The molecule has 1 aliphatic rings. The van der Waals surface area contributed by atoms with Gasteiger partial charge in [-0.25, -0.2) is 0 Å². The lowest BCUT2D eigenvalue weighted by atomic mass is 10.0. The lowest BCUT2D eigenvalue weighted by Gasteiger charge is -2.32. The highest BCUT2D eigenvalue weighted by atomic mass is 16.3. The van der Waals surface area contributed by atoms with E-state index in [9.17, 15) is 53.4 Å². The Morgan fingerprint density at radius 2 is 1.21 bits per heavy atom. The van der Waals surface area contributed by atoms with E-state index < -0.39 is 102 Å². The van der Waals surface area contributed by atoms with Gasteiger partial charge in [0.25, 0.3) is 0 Å². The van der Waals surface area contributed by atoms with E-state index in [4.69, 9.17) is 5.73 Å². The molecular weight excluding hydrogens is 805 g/mol. The minimum atomic E-state index is -1.62. The first-order valence-corrected chi connectivity index (χ1v) is 22.4. The summed E-state index contributed by atoms with van der Waals surface area (Å²) in [7, 11) is 0. The molecule has 0 aromatic carbocycles. The van der Waals surface area contributed by atoms with E-state index >= 15 is 0 Å². The highest BCUT2D eigenvalue weighted by molar-refractivity contribution is 5.98. The van der Waals surface area contributed by atoms with Crippen LogP contribution in [0.4, 0.5) is 0 Å². The van der Waals surface area contributed by atoms with Crippen LogP contribution in [0, 0.1) is 5.92 Å². The molecule has 1 fully saturated rings. The second-order valence-electron chi connectivity index (χ2n) is 17.1. The average Bonchev–Trinajstić information content (AvgIpc) is 3.69. The molecule has 3 unspecified atom stereocenters. The third kappa shape index (κ3) is 20.9. The second kappa shape index (κ2) is 29.6. The molecule has 1 aliphatic heterocycles. The Bertz CT molecular complexity index is 1480. The van der Waals surface area contributed by atoms with E-state index in [1.807, 2.05) is 13.8 Å². The van der Waals surface area contributed by atoms with Gasteiger partial charge in [-0.2, -0.15) is 0 Å². The van der Waals surface area contributed by atoms with Crippen molar-refractivity contribution in [3.8, 4) is 0 Å². The van der Waals surface area contributed by atoms with Crippen LogP contribution in [0.5, 0.6) is 0 Å². The van der Waals surface area contributed by atoms with Crippen LogP contribution in [-0.4, -0.2) is 130 Å². The maximum atomic E-state index is 13.9. The minimum absolute atomic E-state index is 0.000197. The number of unbranched alkanes of at least 4 members (excludes halogenated alkanes) is 10. The number of nitrogens with zero attached hydrogens (tertiary/aromatic N) is 1. The highest BCUT2D eigenvalue weighted by Crippen LogP contribution is 2.20. The number of hydrogen-bond acceptors (Lipinski definition) is 11. The third-order valence-corrected chi connectivity index (χ3v) is 10.7. The number of rotatable bonds is 31. The average molecular weight is 881 g/mol. The largest absolute Gasteiger partial charge is 0.391 e. The van der Waals surface area contributed by atoms with Crippen LogP contribution in [0.3, 0.4) is 0 Å². The molecule has 19 heteroatoms. The predicted molar refractivity (Wildman–Crippen MR) is 231 cm³/mol. The first-order chi connectivity index (χ1) is 29.2. The number of carbonyl (C=O) groups excluding carboxylic acids is 9. The van der Waals surface area contributed by atoms with Gasteiger partial charge in [0.15, 0.2) is 0 Å². The van der Waals surface area contributed by atoms with Crippen molar-refractivity contribution in [3.63, 3.8) is 0 Å². The van der Waals surface area contributed by atoms with E-state index in [0.717, 1.165) is 19.3 Å². The minimum Gasteiger partial charge on any atom is -0.391 e. The van der Waals surface area contributed by atoms with Gasteiger partial charge in [0.1, 0.15) is 42.5 Å². The monoisotopic (exact) mass is 881 g/mol. The van der Waals surface area contributed by atoms with Crippen molar-refractivity contribution in [1.82, 2.24) is 36.8 Å². The van der Waals surface area contributed by atoms with Gasteiger partial charge in [-0.1, -0.05) is 85.0 Å². The van der Waals surface area contributed by atoms with Crippen molar-refractivity contribution < 1.29 is 53.4 Å². The molecule has 1 saturated heterocycles. The first-order valence-electron chi connectivity index (χ1n) is 22.4. The fourth-order valence-electron chi connectivity index (χ4n) is 7.13. The van der Waals surface area contributed by atoms with Gasteiger partial charge < -0.3 is 57.5 Å². The molecule has 8 amide bonds. The summed E-state index contributed by atoms with van der Waals surface area (Å²) < 4.78 is 0. The molecule has 62 heavy (non-hydrogen) atoms. The number of hydrogen-bond donors (Lipinski definition) is 9. The first kappa shape index (κ1) is 55.4. The van der Waals surface area contributed by atoms with Gasteiger partial charge >= 0.3 is 0 Å². The van der Waals surface area contributed by atoms with Gasteiger partial charge in [-0.15, -0.1) is 0 Å². The summed E-state index contributed by atoms with van der Waals surface area (Å²) in [4.78, 5) is 117. The summed E-state index contributed by atoms with van der Waals surface area (Å²) in [6.07, 6.45) is 10.5. The van der Waals surface area contributed by atoms with Crippen LogP contribution < -0.4 is 37.6 Å². The van der Waals surface area contributed by atoms with E-state index in [0.29, 0.717) is 19.1 Å². The van der Waals surface area contributed by atoms with E-state index in [2.05, 4.69) is 38.8 Å². The Labute approximate surface area is 367 Å². The molecule has 354 valence electrons. The highest BCUT2D eigenvalue weighted by Gasteiger charge is 2.41. The summed E-state index contributed by atoms with van der Waals surface area (Å²) in [5, 5.41) is 35.9. The lowest BCUT2D eigenvalue weighted by Crippen LogP contribution is -2.62. The van der Waals surface area contributed by atoms with Crippen molar-refractivity contribution in [1.29, 1.82) is 0 Å². The Kier molecular flexibility index (Phi) is 26.4. The maximum absolute atomic E-state index is 13.9. The molecule has 10 N–H and O–H groups in total. The number of nitrogens with two attached hydrogens (primary N) is 1. The molecule has 1 heterocycles. The number of carbonyl (C=O) groups is 9. The topological polar surface area (TPSA) is 296 Å². The van der Waals surface area contributed by atoms with E-state index in [-0.39, 0.29) is 37.6 Å². The molecule has 0 spiro atoms. The smallest absolute Gasteiger partial charge is 0.248 e. The lowest BCUT2D eigenvalue weighted by molar-refractivity contribution is -0.145. The number of amides is 8. The number of nitrogens with one attached hydrogen (secondary N) is 6. The molecule has 1 rings (SSSR count). The Morgan fingerprint density at radius 3 is 1.73 bits per heavy atom. The number of aldehydes is 1. The normalized spacial score (nSPS) is 17.6. The van der Waals surface area contributed by atoms with Crippen LogP contribution in [0.25, 0.3) is 0 Å². The van der Waals surface area contributed by atoms with Crippen LogP contribution in [0.2, 0.25) is 0 Å². The summed E-state index contributed by atoms with van der Waals surface area (Å²) in [6.45, 7) is 11.2. The summed E-state index contributed by atoms with van der Waals surface area (Å²) in [5.74, 6) is -6.24. The van der Waals surface area contributed by atoms with Crippen molar-refractivity contribution >= 4 is 53.5 Å². The van der Waals surface area contributed by atoms with Gasteiger partial charge in [-0.3, -0.25) is 38.4 Å². The zero-order chi connectivity index (χ0) is 46.9. The zero-order valence-corrected chi connectivity index (χ0v) is 38.0. The maximum Gasteiger partial charge on any atom is 0.248 e. The SMILES string of the molecule is CCCCCCCCCCCCCC(=O)N[C@@H](CC(C)C)C(=O)N[C@H](C(=O)N1CCC[C@@H]1C(=O)N[C@H](C(=O)N[C@@H](C)C(=O)N[C@@H](CC(N)=O)C(=O)NC(C)C=O)C(C)O)C(C)O. The quantitative estimate of drug-likeness (QED) is 0.0342. The van der Waals surface area contributed by atoms with Crippen molar-refractivity contribution in [2.45, 2.75) is 206 Å². The van der Waals surface area contributed by atoms with Crippen LogP contribution in [0.1, 0.15) is 151 Å². The van der Waals surface area contributed by atoms with Gasteiger partial charge in [0, 0.05) is 13.0 Å². The molecule has 0 aromatic heterocycles. The number of likely N-dealkylation sites (tertiary alicyclic amines) is 1. The fourth-order valence-corrected chi connectivity index (χ4v) is 7.13. The van der Waals surface area contributed by atoms with Gasteiger partial charge in [-0.05, 0) is 59.3 Å². The molecule has 0 radical (unpaired) electrons. The van der Waals surface area contributed by atoms with Crippen molar-refractivity contribution in [2.75, 3.05) is 6.54 Å². The van der Waals surface area contributed by atoms with Crippen LogP contribution in [-0.2, 0) is 43.2 Å². The van der Waals surface area contributed by atoms with E-state index in [1.165, 1.54) is 77.5 Å². The molecule has 9 atom stereocenters. The van der Waals surface area contributed by atoms with Crippen LogP contribution >= 0.6 is 0 Å². The fraction of sp³-hybridized carbons (Fsp3) is 0.791. The molecule has 0 aromatic rings. The summed E-state index contributed by atoms with van der Waals surface area (Å²) in [5.41, 5.74) is 5.21. The molecular formula is C43H76N8O11. The van der Waals surface area contributed by atoms with Crippen LogP contribution in [0.15, 0.2) is 0 Å². The summed E-state index contributed by atoms with van der Waals surface area (Å²) >= 11 is 0. The Morgan fingerprint density at radius 1 is 0.661 bits per heavy atom. The number of aliphatic hydroxyl groups excluding tert-OH is 2. The Balaban J connectivity index is 2.91. The standard InChI is InChI=1S/C43H76N8O11/c1-8-9-10-11-12-13-14-15-16-17-18-21-35(56)47-31(23-26(2)3)40(59)50-37(30(7)54)43(62)51-22-19-20-33(51)41(60)49-36(29(6)53)42(61)46-28(5)38(57)48-32(24-34(44)55)39(58)45-27(4)25-52/h25-33,36-37,53-54H,8-24H2,1-7H3,(H2,44,55)(H,45,58)(H,46,61)(H,47,56)(H,48,57)(H,49,60)(H,50,59)/t27?,28-,29?,30?,31-,32-,33+,36-,37-/m0/s1.